The van der Waals surface area contributed by atoms with Gasteiger partial charge in [0.2, 0.25) is 5.91 Å². The molecule has 2 atom stereocenters. The van der Waals surface area contributed by atoms with Crippen LogP contribution in [-0.4, -0.2) is 88.3 Å². The number of imidazole rings is 1. The molecule has 0 aliphatic heterocycles. The Bertz CT molecular complexity index is 1150. The van der Waals surface area contributed by atoms with Gasteiger partial charge in [-0.05, 0) is 64.7 Å². The number of esters is 1. The molecule has 2 aromatic rings. The van der Waals surface area contributed by atoms with Crippen LogP contribution >= 0.6 is 0 Å². The number of aliphatic hydroxyl groups is 2. The number of carbonyl (C=O) groups excluding carboxylic acids is 3. The first-order chi connectivity index (χ1) is 19.3. The van der Waals surface area contributed by atoms with Crippen LogP contribution in [0.15, 0.2) is 18.2 Å². The second-order valence-electron chi connectivity index (χ2n) is 11.4. The highest BCUT2D eigenvalue weighted by molar-refractivity contribution is 5.89. The largest absolute Gasteiger partial charge is 0.464 e. The summed E-state index contributed by atoms with van der Waals surface area (Å²) in [5.41, 5.74) is 1.72. The molecule has 1 aromatic carbocycles. The molecule has 0 saturated carbocycles. The average molecular weight is 578 g/mol. The van der Waals surface area contributed by atoms with Gasteiger partial charge in [0, 0.05) is 32.2 Å². The number of carbonyl (C=O) groups is 3. The van der Waals surface area contributed by atoms with Crippen molar-refractivity contribution in [3.05, 3.63) is 24.0 Å². The number of amides is 2. The van der Waals surface area contributed by atoms with Crippen LogP contribution in [0.3, 0.4) is 0 Å². The van der Waals surface area contributed by atoms with E-state index in [0.717, 1.165) is 16.7 Å². The van der Waals surface area contributed by atoms with Gasteiger partial charge in [-0.1, -0.05) is 13.8 Å². The number of rotatable bonds is 15. The lowest BCUT2D eigenvalue weighted by atomic mass is 10.0. The Balaban J connectivity index is 2.23. The zero-order valence-corrected chi connectivity index (χ0v) is 25.4. The molecule has 0 unspecified atom stereocenters. The molecular weight excluding hydrogens is 530 g/mol. The molecule has 230 valence electrons. The van der Waals surface area contributed by atoms with E-state index in [0.29, 0.717) is 31.8 Å². The molecule has 1 heterocycles. The highest BCUT2D eigenvalue weighted by atomic mass is 16.6. The van der Waals surface area contributed by atoms with Gasteiger partial charge in [0.1, 0.15) is 23.5 Å². The van der Waals surface area contributed by atoms with Crippen molar-refractivity contribution in [2.24, 2.45) is 13.0 Å². The van der Waals surface area contributed by atoms with Crippen molar-refractivity contribution in [3.8, 4) is 0 Å². The van der Waals surface area contributed by atoms with E-state index >= 15 is 0 Å². The fourth-order valence-electron chi connectivity index (χ4n) is 4.46. The molecule has 41 heavy (non-hydrogen) atoms. The van der Waals surface area contributed by atoms with Crippen LogP contribution in [0, 0.1) is 5.92 Å². The monoisotopic (exact) mass is 577 g/mol. The number of ether oxygens (including phenoxy) is 2. The van der Waals surface area contributed by atoms with E-state index in [1.54, 1.807) is 27.7 Å². The van der Waals surface area contributed by atoms with Crippen LogP contribution in [-0.2, 0) is 32.5 Å². The van der Waals surface area contributed by atoms with E-state index in [9.17, 15) is 24.6 Å². The highest BCUT2D eigenvalue weighted by Gasteiger charge is 2.30. The summed E-state index contributed by atoms with van der Waals surface area (Å²) >= 11 is 0. The SMILES string of the molecule is CCOC(=O)[C@H](CCc1nc2cc(N(CCO)CCO)ccc2n1C)NC(=O)[C@H](CC(C)C)NC(=O)OC(C)(C)C. The Morgan fingerprint density at radius 1 is 1.07 bits per heavy atom. The normalized spacial score (nSPS) is 13.1. The van der Waals surface area contributed by atoms with Gasteiger partial charge >= 0.3 is 12.1 Å². The Labute approximate surface area is 242 Å². The second kappa shape index (κ2) is 15.6. The lowest BCUT2D eigenvalue weighted by Crippen LogP contribution is -2.53. The molecule has 1 aromatic heterocycles. The van der Waals surface area contributed by atoms with Crippen molar-refractivity contribution < 1.29 is 34.1 Å². The molecule has 0 aliphatic carbocycles. The second-order valence-corrected chi connectivity index (χ2v) is 11.4. The average Bonchev–Trinajstić information content (AvgIpc) is 3.19. The van der Waals surface area contributed by atoms with Crippen molar-refractivity contribution in [3.63, 3.8) is 0 Å². The summed E-state index contributed by atoms with van der Waals surface area (Å²) in [5, 5.41) is 24.2. The fraction of sp³-hybridized carbons (Fsp3) is 0.655. The Morgan fingerprint density at radius 3 is 2.29 bits per heavy atom. The summed E-state index contributed by atoms with van der Waals surface area (Å²) in [6, 6.07) is 3.89. The summed E-state index contributed by atoms with van der Waals surface area (Å²) in [5.74, 6) is -0.254. The lowest BCUT2D eigenvalue weighted by Gasteiger charge is -2.25. The number of fused-ring (bicyclic) bond motifs is 1. The molecular formula is C29H47N5O7. The predicted octanol–water partition coefficient (Wildman–Crippen LogP) is 2.28. The maximum atomic E-state index is 13.3. The smallest absolute Gasteiger partial charge is 0.408 e. The predicted molar refractivity (Wildman–Crippen MR) is 157 cm³/mol. The number of aryl methyl sites for hydroxylation is 2. The molecule has 0 bridgehead atoms. The third-order valence-corrected chi connectivity index (χ3v) is 6.32. The van der Waals surface area contributed by atoms with E-state index in [1.807, 2.05) is 48.6 Å². The number of aromatic nitrogens is 2. The first-order valence-corrected chi connectivity index (χ1v) is 14.2. The fourth-order valence-corrected chi connectivity index (χ4v) is 4.46. The zero-order chi connectivity index (χ0) is 30.7. The summed E-state index contributed by atoms with van der Waals surface area (Å²) in [4.78, 5) is 45.1. The van der Waals surface area contributed by atoms with Crippen LogP contribution in [0.1, 0.15) is 60.2 Å². The van der Waals surface area contributed by atoms with E-state index < -0.39 is 35.7 Å². The maximum Gasteiger partial charge on any atom is 0.408 e. The summed E-state index contributed by atoms with van der Waals surface area (Å²) < 4.78 is 12.5. The van der Waals surface area contributed by atoms with E-state index in [4.69, 9.17) is 14.5 Å². The molecule has 12 heteroatoms. The number of benzene rings is 1. The molecule has 0 spiro atoms. The highest BCUT2D eigenvalue weighted by Crippen LogP contribution is 2.23. The number of alkyl carbamates (subject to hydrolysis) is 1. The van der Waals surface area contributed by atoms with Crippen LogP contribution in [0.5, 0.6) is 0 Å². The van der Waals surface area contributed by atoms with Crippen LogP contribution < -0.4 is 15.5 Å². The lowest BCUT2D eigenvalue weighted by molar-refractivity contribution is -0.147. The molecule has 4 N–H and O–H groups in total. The van der Waals surface area contributed by atoms with Gasteiger partial charge in [0.15, 0.2) is 0 Å². The zero-order valence-electron chi connectivity index (χ0n) is 25.4. The summed E-state index contributed by atoms with van der Waals surface area (Å²) in [6.45, 7) is 11.6. The van der Waals surface area contributed by atoms with Crippen LogP contribution in [0.25, 0.3) is 11.0 Å². The topological polar surface area (TPSA) is 155 Å². The minimum Gasteiger partial charge on any atom is -0.464 e. The minimum absolute atomic E-state index is 0.0439. The first kappa shape index (κ1) is 33.8. The molecule has 0 aliphatic rings. The van der Waals surface area contributed by atoms with E-state index in [1.165, 1.54) is 0 Å². The first-order valence-electron chi connectivity index (χ1n) is 14.2. The van der Waals surface area contributed by atoms with E-state index in [-0.39, 0.29) is 32.2 Å². The number of aliphatic hydroxyl groups excluding tert-OH is 2. The van der Waals surface area contributed by atoms with Crippen molar-refractivity contribution in [2.45, 2.75) is 78.5 Å². The third-order valence-electron chi connectivity index (χ3n) is 6.32. The number of hydrogen-bond donors (Lipinski definition) is 4. The van der Waals surface area contributed by atoms with Crippen molar-refractivity contribution in [1.82, 2.24) is 20.2 Å². The number of nitrogens with zero attached hydrogens (tertiary/aromatic N) is 3. The molecule has 0 radical (unpaired) electrons. The Morgan fingerprint density at radius 2 is 1.73 bits per heavy atom. The number of nitrogens with one attached hydrogen (secondary N) is 2. The van der Waals surface area contributed by atoms with Gasteiger partial charge < -0.3 is 39.8 Å². The van der Waals surface area contributed by atoms with Crippen molar-refractivity contribution >= 4 is 34.7 Å². The summed E-state index contributed by atoms with van der Waals surface area (Å²) in [6.07, 6.45) is 0.255. The quantitative estimate of drug-likeness (QED) is 0.233. The molecule has 0 saturated heterocycles. The van der Waals surface area contributed by atoms with Gasteiger partial charge in [-0.3, -0.25) is 4.79 Å². The Hall–Kier alpha value is -3.38. The number of hydrogen-bond acceptors (Lipinski definition) is 9. The molecule has 2 rings (SSSR count). The van der Waals surface area contributed by atoms with Gasteiger partial charge in [0.25, 0.3) is 0 Å². The van der Waals surface area contributed by atoms with Gasteiger partial charge in [-0.2, -0.15) is 0 Å². The van der Waals surface area contributed by atoms with E-state index in [2.05, 4.69) is 10.6 Å². The van der Waals surface area contributed by atoms with Crippen LogP contribution in [0.2, 0.25) is 0 Å². The Kier molecular flexibility index (Phi) is 12.8. The number of anilines is 1. The molecule has 0 fully saturated rings. The van der Waals surface area contributed by atoms with Crippen molar-refractivity contribution in [1.29, 1.82) is 0 Å². The van der Waals surface area contributed by atoms with Gasteiger partial charge in [-0.25, -0.2) is 14.6 Å². The maximum absolute atomic E-state index is 13.3. The van der Waals surface area contributed by atoms with Crippen LogP contribution in [0.4, 0.5) is 10.5 Å². The molecule has 12 nitrogen and oxygen atoms in total. The van der Waals surface area contributed by atoms with Crippen molar-refractivity contribution in [2.75, 3.05) is 37.8 Å². The standard InChI is InChI=1S/C29H47N5O7/c1-8-40-27(38)21(31-26(37)23(17-19(2)3)32-28(39)41-29(4,5)6)10-12-25-30-22-18-20(9-11-24(22)33(25)7)34(13-15-35)14-16-36/h9,11,18-19,21,23,35-36H,8,10,12-17H2,1-7H3,(H,31,37)(H,32,39)/t21-,23-/m0/s1. The van der Waals surface area contributed by atoms with Gasteiger partial charge in [0.05, 0.1) is 30.9 Å². The summed E-state index contributed by atoms with van der Waals surface area (Å²) in [7, 11) is 1.88. The minimum atomic E-state index is -0.947. The van der Waals surface area contributed by atoms with Gasteiger partial charge in [-0.15, -0.1) is 0 Å². The molecule has 2 amide bonds. The third kappa shape index (κ3) is 10.5.